The van der Waals surface area contributed by atoms with Crippen molar-refractivity contribution in [2.45, 2.75) is 30.4 Å². The highest BCUT2D eigenvalue weighted by molar-refractivity contribution is 8.00. The zero-order valence-corrected chi connectivity index (χ0v) is 19.0. The second-order valence-electron chi connectivity index (χ2n) is 6.81. The maximum Gasteiger partial charge on any atom is 0.237 e. The molecule has 8 nitrogen and oxygen atoms in total. The smallest absolute Gasteiger partial charge is 0.237 e. The lowest BCUT2D eigenvalue weighted by Crippen LogP contribution is -2.22. The quantitative estimate of drug-likeness (QED) is 0.499. The number of thioether (sulfide) groups is 1. The van der Waals surface area contributed by atoms with Crippen LogP contribution in [0.25, 0.3) is 0 Å². The third-order valence-corrected chi connectivity index (χ3v) is 5.75. The van der Waals surface area contributed by atoms with E-state index >= 15 is 0 Å². The molecule has 0 saturated carbocycles. The van der Waals surface area contributed by atoms with Crippen LogP contribution in [0.3, 0.4) is 0 Å². The molecule has 2 atom stereocenters. The Balaban J connectivity index is 1.60. The van der Waals surface area contributed by atoms with Gasteiger partial charge in [-0.3, -0.25) is 4.79 Å². The summed E-state index contributed by atoms with van der Waals surface area (Å²) >= 11 is 1.34. The van der Waals surface area contributed by atoms with E-state index in [9.17, 15) is 4.79 Å². The number of nitrogens with one attached hydrogen (secondary N) is 1. The topological polar surface area (TPSA) is 87.5 Å². The van der Waals surface area contributed by atoms with E-state index < -0.39 is 0 Å². The van der Waals surface area contributed by atoms with Crippen LogP contribution in [0.5, 0.6) is 17.2 Å². The lowest BCUT2D eigenvalue weighted by atomic mass is 10.3. The Morgan fingerprint density at radius 2 is 1.48 bits per heavy atom. The molecule has 0 radical (unpaired) electrons. The van der Waals surface area contributed by atoms with E-state index in [1.807, 2.05) is 49.7 Å². The average Bonchev–Trinajstić information content (AvgIpc) is 3.14. The van der Waals surface area contributed by atoms with Crippen LogP contribution in [0.15, 0.2) is 53.7 Å². The SMILES string of the molecule is COc1ccc(NC(=O)C(C)Sc2nnc(C(C)Oc3ccc(OC)cc3)n2C)cc1. The Hall–Kier alpha value is -3.20. The van der Waals surface area contributed by atoms with E-state index in [4.69, 9.17) is 14.2 Å². The summed E-state index contributed by atoms with van der Waals surface area (Å²) in [6.45, 7) is 3.73. The molecule has 0 bridgehead atoms. The van der Waals surface area contributed by atoms with Crippen LogP contribution in [-0.2, 0) is 11.8 Å². The van der Waals surface area contributed by atoms with Gasteiger partial charge < -0.3 is 24.1 Å². The van der Waals surface area contributed by atoms with Crippen LogP contribution in [0, 0.1) is 0 Å². The van der Waals surface area contributed by atoms with Crippen molar-refractivity contribution < 1.29 is 19.0 Å². The molecule has 31 heavy (non-hydrogen) atoms. The van der Waals surface area contributed by atoms with Crippen molar-refractivity contribution in [1.29, 1.82) is 0 Å². The summed E-state index contributed by atoms with van der Waals surface area (Å²) in [5, 5.41) is 11.7. The van der Waals surface area contributed by atoms with Crippen LogP contribution in [0.2, 0.25) is 0 Å². The Labute approximate surface area is 185 Å². The minimum atomic E-state index is -0.365. The average molecular weight is 443 g/mol. The molecule has 9 heteroatoms. The molecule has 3 aromatic rings. The number of aromatic nitrogens is 3. The van der Waals surface area contributed by atoms with E-state index in [2.05, 4.69) is 15.5 Å². The van der Waals surface area contributed by atoms with E-state index in [0.29, 0.717) is 22.4 Å². The molecule has 1 amide bonds. The number of methoxy groups -OCH3 is 2. The van der Waals surface area contributed by atoms with Crippen molar-refractivity contribution in [2.75, 3.05) is 19.5 Å². The molecule has 0 spiro atoms. The van der Waals surface area contributed by atoms with Crippen molar-refractivity contribution in [3.63, 3.8) is 0 Å². The largest absolute Gasteiger partial charge is 0.497 e. The fourth-order valence-electron chi connectivity index (χ4n) is 2.82. The monoisotopic (exact) mass is 442 g/mol. The normalized spacial score (nSPS) is 12.7. The fourth-order valence-corrected chi connectivity index (χ4v) is 3.65. The maximum atomic E-state index is 12.6. The summed E-state index contributed by atoms with van der Waals surface area (Å²) in [5.74, 6) is 2.75. The Bertz CT molecular complexity index is 1010. The first-order chi connectivity index (χ1) is 14.9. The number of hydrogen-bond donors (Lipinski definition) is 1. The summed E-state index contributed by atoms with van der Waals surface area (Å²) in [5.41, 5.74) is 0.707. The highest BCUT2D eigenvalue weighted by atomic mass is 32.2. The highest BCUT2D eigenvalue weighted by Gasteiger charge is 2.22. The molecule has 2 aromatic carbocycles. The zero-order valence-electron chi connectivity index (χ0n) is 18.2. The molecular weight excluding hydrogens is 416 g/mol. The third kappa shape index (κ3) is 5.69. The number of carbonyl (C=O) groups is 1. The van der Waals surface area contributed by atoms with Crippen LogP contribution in [0.1, 0.15) is 25.8 Å². The van der Waals surface area contributed by atoms with Gasteiger partial charge in [-0.05, 0) is 62.4 Å². The minimum absolute atomic E-state index is 0.123. The van der Waals surface area contributed by atoms with Gasteiger partial charge in [-0.1, -0.05) is 11.8 Å². The van der Waals surface area contributed by atoms with Crippen molar-refractivity contribution in [2.24, 2.45) is 7.05 Å². The molecule has 1 heterocycles. The summed E-state index contributed by atoms with van der Waals surface area (Å²) in [4.78, 5) is 12.6. The van der Waals surface area contributed by atoms with E-state index in [1.165, 1.54) is 11.8 Å². The number of nitrogens with zero attached hydrogens (tertiary/aromatic N) is 3. The Kier molecular flexibility index (Phi) is 7.41. The minimum Gasteiger partial charge on any atom is -0.497 e. The van der Waals surface area contributed by atoms with Crippen molar-refractivity contribution in [3.05, 3.63) is 54.4 Å². The summed E-state index contributed by atoms with van der Waals surface area (Å²) < 4.78 is 18.1. The molecule has 1 N–H and O–H groups in total. The molecule has 2 unspecified atom stereocenters. The van der Waals surface area contributed by atoms with Gasteiger partial charge >= 0.3 is 0 Å². The molecule has 164 valence electrons. The van der Waals surface area contributed by atoms with Crippen molar-refractivity contribution in [3.8, 4) is 17.2 Å². The Morgan fingerprint density at radius 1 is 0.935 bits per heavy atom. The van der Waals surface area contributed by atoms with Gasteiger partial charge in [0.25, 0.3) is 0 Å². The van der Waals surface area contributed by atoms with Crippen LogP contribution < -0.4 is 19.5 Å². The second-order valence-corrected chi connectivity index (χ2v) is 8.12. The summed E-state index contributed by atoms with van der Waals surface area (Å²) in [6, 6.07) is 14.5. The molecule has 0 saturated heterocycles. The number of hydrogen-bond acceptors (Lipinski definition) is 7. The third-order valence-electron chi connectivity index (χ3n) is 4.61. The molecule has 0 aliphatic carbocycles. The zero-order chi connectivity index (χ0) is 22.4. The van der Waals surface area contributed by atoms with Gasteiger partial charge in [0.15, 0.2) is 17.1 Å². The van der Waals surface area contributed by atoms with E-state index in [0.717, 1.165) is 11.5 Å². The van der Waals surface area contributed by atoms with Gasteiger partial charge in [0.1, 0.15) is 17.2 Å². The number of ether oxygens (including phenoxy) is 3. The lowest BCUT2D eigenvalue weighted by Gasteiger charge is -2.15. The number of amides is 1. The van der Waals surface area contributed by atoms with Gasteiger partial charge in [-0.2, -0.15) is 0 Å². The molecular formula is C22H26N4O4S. The predicted octanol–water partition coefficient (Wildman–Crippen LogP) is 4.09. The first-order valence-electron chi connectivity index (χ1n) is 9.72. The van der Waals surface area contributed by atoms with E-state index in [-0.39, 0.29) is 17.3 Å². The predicted molar refractivity (Wildman–Crippen MR) is 120 cm³/mol. The standard InChI is InChI=1S/C22H26N4O4S/c1-14(30-19-12-10-18(29-5)11-13-19)20-24-25-22(26(20)3)31-15(2)21(27)23-16-6-8-17(28-4)9-7-16/h6-15H,1-5H3,(H,23,27). The fraction of sp³-hybridized carbons (Fsp3) is 0.318. The van der Waals surface area contributed by atoms with Gasteiger partial charge in [-0.15, -0.1) is 10.2 Å². The van der Waals surface area contributed by atoms with Crippen molar-refractivity contribution in [1.82, 2.24) is 14.8 Å². The molecule has 0 fully saturated rings. The molecule has 0 aliphatic heterocycles. The second kappa shape index (κ2) is 10.2. The Morgan fingerprint density at radius 3 is 2.06 bits per heavy atom. The summed E-state index contributed by atoms with van der Waals surface area (Å²) in [7, 11) is 5.08. The highest BCUT2D eigenvalue weighted by Crippen LogP contribution is 2.27. The number of anilines is 1. The lowest BCUT2D eigenvalue weighted by molar-refractivity contribution is -0.115. The van der Waals surface area contributed by atoms with Crippen LogP contribution >= 0.6 is 11.8 Å². The van der Waals surface area contributed by atoms with Crippen molar-refractivity contribution >= 4 is 23.4 Å². The summed E-state index contributed by atoms with van der Waals surface area (Å²) in [6.07, 6.45) is -0.316. The van der Waals surface area contributed by atoms with Gasteiger partial charge in [0, 0.05) is 12.7 Å². The van der Waals surface area contributed by atoms with Gasteiger partial charge in [0.2, 0.25) is 5.91 Å². The number of carbonyl (C=O) groups excluding carboxylic acids is 1. The number of benzene rings is 2. The number of rotatable bonds is 9. The molecule has 1 aromatic heterocycles. The van der Waals surface area contributed by atoms with Gasteiger partial charge in [0.05, 0.1) is 19.5 Å². The van der Waals surface area contributed by atoms with Crippen LogP contribution in [-0.4, -0.2) is 40.1 Å². The first-order valence-corrected chi connectivity index (χ1v) is 10.6. The van der Waals surface area contributed by atoms with Gasteiger partial charge in [-0.25, -0.2) is 0 Å². The van der Waals surface area contributed by atoms with Crippen LogP contribution in [0.4, 0.5) is 5.69 Å². The molecule has 3 rings (SSSR count). The molecule has 0 aliphatic rings. The maximum absolute atomic E-state index is 12.6. The first kappa shape index (κ1) is 22.5. The van der Waals surface area contributed by atoms with E-state index in [1.54, 1.807) is 38.5 Å².